The largest absolute Gasteiger partial charge is 0.383 e. The van der Waals surface area contributed by atoms with Crippen molar-refractivity contribution >= 4 is 0 Å². The number of aromatic nitrogens is 2. The number of hydrogen-bond acceptors (Lipinski definition) is 4. The summed E-state index contributed by atoms with van der Waals surface area (Å²) < 4.78 is 7.12. The maximum absolute atomic E-state index is 4.98. The van der Waals surface area contributed by atoms with Gasteiger partial charge in [-0.05, 0) is 19.3 Å². The summed E-state index contributed by atoms with van der Waals surface area (Å²) in [6.45, 7) is 4.71. The van der Waals surface area contributed by atoms with Crippen molar-refractivity contribution in [3.05, 3.63) is 18.2 Å². The van der Waals surface area contributed by atoms with Crippen LogP contribution in [0.1, 0.15) is 25.0 Å². The maximum atomic E-state index is 4.98. The average molecular weight is 238 g/mol. The Kier molecular flexibility index (Phi) is 4.82. The molecule has 0 atom stereocenters. The Bertz CT molecular complexity index is 320. The normalized spacial score (nSPS) is 16.4. The first-order valence-corrected chi connectivity index (χ1v) is 6.38. The third-order valence-corrected chi connectivity index (χ3v) is 3.07. The Morgan fingerprint density at radius 1 is 1.35 bits per heavy atom. The molecule has 2 heterocycles. The van der Waals surface area contributed by atoms with Crippen LogP contribution in [0, 0.1) is 0 Å². The zero-order chi connectivity index (χ0) is 11.9. The summed E-state index contributed by atoms with van der Waals surface area (Å²) in [6, 6.07) is 0. The first-order valence-electron chi connectivity index (χ1n) is 6.38. The highest BCUT2D eigenvalue weighted by atomic mass is 16.5. The fourth-order valence-electron chi connectivity index (χ4n) is 2.10. The molecule has 0 saturated carbocycles. The van der Waals surface area contributed by atoms with Gasteiger partial charge in [0, 0.05) is 33.3 Å². The molecule has 2 rings (SSSR count). The zero-order valence-electron chi connectivity index (χ0n) is 10.6. The van der Waals surface area contributed by atoms with Crippen LogP contribution in [0.3, 0.4) is 0 Å². The van der Waals surface area contributed by atoms with E-state index < -0.39 is 0 Å². The van der Waals surface area contributed by atoms with Crippen molar-refractivity contribution < 1.29 is 4.74 Å². The van der Waals surface area contributed by atoms with E-state index in [0.29, 0.717) is 0 Å². The van der Waals surface area contributed by atoms with Crippen molar-refractivity contribution in [2.75, 3.05) is 38.4 Å². The first-order chi connectivity index (χ1) is 8.40. The molecule has 5 nitrogen and oxygen atoms in total. The number of imidazole rings is 1. The number of nitrogens with one attached hydrogen (secondary N) is 1. The second kappa shape index (κ2) is 6.61. The van der Waals surface area contributed by atoms with E-state index in [-0.39, 0.29) is 0 Å². The van der Waals surface area contributed by atoms with Crippen LogP contribution in [0.15, 0.2) is 12.5 Å². The number of rotatable bonds is 6. The first kappa shape index (κ1) is 12.4. The summed E-state index contributed by atoms with van der Waals surface area (Å²) in [5, 5.41) is 5.66. The van der Waals surface area contributed by atoms with Crippen LogP contribution in [-0.2, 0) is 11.3 Å². The molecule has 0 unspecified atom stereocenters. The van der Waals surface area contributed by atoms with Crippen LogP contribution in [0.2, 0.25) is 0 Å². The summed E-state index contributed by atoms with van der Waals surface area (Å²) in [4.78, 5) is 4.41. The summed E-state index contributed by atoms with van der Waals surface area (Å²) in [7, 11) is 1.72. The molecule has 5 heteroatoms. The number of hydrogen-bond donors (Lipinski definition) is 1. The monoisotopic (exact) mass is 238 g/mol. The van der Waals surface area contributed by atoms with Gasteiger partial charge in [0.25, 0.3) is 0 Å². The van der Waals surface area contributed by atoms with Crippen LogP contribution in [-0.4, -0.2) is 43.0 Å². The minimum absolute atomic E-state index is 0.743. The number of nitrogens with zero attached hydrogens (tertiary/aromatic N) is 3. The van der Waals surface area contributed by atoms with E-state index in [0.717, 1.165) is 38.5 Å². The van der Waals surface area contributed by atoms with Gasteiger partial charge in [-0.1, -0.05) is 0 Å². The highest BCUT2D eigenvalue weighted by molar-refractivity contribution is 5.01. The summed E-state index contributed by atoms with van der Waals surface area (Å²) in [5.74, 6) is 0. The van der Waals surface area contributed by atoms with Gasteiger partial charge in [-0.25, -0.2) is 4.98 Å². The third kappa shape index (κ3) is 3.71. The standard InChI is InChI=1S/C12H22N4O/c1-17-8-5-13-9-12-10-16(11-14-12)15-6-3-2-4-7-15/h10-11,13H,2-9H2,1H3. The van der Waals surface area contributed by atoms with Gasteiger partial charge in [0.1, 0.15) is 6.33 Å². The molecule has 0 radical (unpaired) electrons. The molecule has 96 valence electrons. The highest BCUT2D eigenvalue weighted by Gasteiger charge is 2.10. The van der Waals surface area contributed by atoms with E-state index in [1.54, 1.807) is 7.11 Å². The van der Waals surface area contributed by atoms with Crippen molar-refractivity contribution in [2.45, 2.75) is 25.8 Å². The Morgan fingerprint density at radius 2 is 2.18 bits per heavy atom. The van der Waals surface area contributed by atoms with E-state index in [2.05, 4.69) is 26.2 Å². The Balaban J connectivity index is 1.78. The van der Waals surface area contributed by atoms with E-state index in [1.165, 1.54) is 19.3 Å². The van der Waals surface area contributed by atoms with Gasteiger partial charge in [-0.15, -0.1) is 0 Å². The molecule has 0 amide bonds. The lowest BCUT2D eigenvalue weighted by Gasteiger charge is -2.29. The number of methoxy groups -OCH3 is 1. The minimum atomic E-state index is 0.743. The topological polar surface area (TPSA) is 42.3 Å². The van der Waals surface area contributed by atoms with Crippen LogP contribution in [0.4, 0.5) is 0 Å². The average Bonchev–Trinajstić information content (AvgIpc) is 2.85. The number of ether oxygens (including phenoxy) is 1. The minimum Gasteiger partial charge on any atom is -0.383 e. The molecule has 0 spiro atoms. The van der Waals surface area contributed by atoms with E-state index >= 15 is 0 Å². The lowest BCUT2D eigenvalue weighted by Crippen LogP contribution is -2.38. The van der Waals surface area contributed by atoms with Crippen molar-refractivity contribution in [3.8, 4) is 0 Å². The lowest BCUT2D eigenvalue weighted by molar-refractivity contribution is 0.199. The molecule has 1 aliphatic heterocycles. The van der Waals surface area contributed by atoms with Gasteiger partial charge >= 0.3 is 0 Å². The van der Waals surface area contributed by atoms with Gasteiger partial charge < -0.3 is 15.1 Å². The van der Waals surface area contributed by atoms with Crippen LogP contribution < -0.4 is 10.3 Å². The van der Waals surface area contributed by atoms with Gasteiger partial charge in [-0.3, -0.25) is 4.68 Å². The molecule has 1 saturated heterocycles. The van der Waals surface area contributed by atoms with Crippen LogP contribution in [0.25, 0.3) is 0 Å². The summed E-state index contributed by atoms with van der Waals surface area (Å²) in [6.07, 6.45) is 7.97. The number of piperidine rings is 1. The highest BCUT2D eigenvalue weighted by Crippen LogP contribution is 2.08. The van der Waals surface area contributed by atoms with Gasteiger partial charge in [0.2, 0.25) is 0 Å². The smallest absolute Gasteiger partial charge is 0.114 e. The quantitative estimate of drug-likeness (QED) is 0.742. The fraction of sp³-hybridized carbons (Fsp3) is 0.750. The van der Waals surface area contributed by atoms with Crippen molar-refractivity contribution in [2.24, 2.45) is 0 Å². The van der Waals surface area contributed by atoms with Crippen molar-refractivity contribution in [1.82, 2.24) is 15.0 Å². The lowest BCUT2D eigenvalue weighted by atomic mass is 10.2. The third-order valence-electron chi connectivity index (χ3n) is 3.07. The van der Waals surface area contributed by atoms with E-state index in [1.807, 2.05) is 6.33 Å². The zero-order valence-corrected chi connectivity index (χ0v) is 10.6. The predicted molar refractivity (Wildman–Crippen MR) is 67.6 cm³/mol. The van der Waals surface area contributed by atoms with Crippen molar-refractivity contribution in [1.29, 1.82) is 0 Å². The predicted octanol–water partition coefficient (Wildman–Crippen LogP) is 0.741. The molecule has 1 N–H and O–H groups in total. The van der Waals surface area contributed by atoms with Gasteiger partial charge in [0.05, 0.1) is 18.5 Å². The summed E-state index contributed by atoms with van der Waals surface area (Å²) >= 11 is 0. The van der Waals surface area contributed by atoms with E-state index in [4.69, 9.17) is 4.74 Å². The second-order valence-electron chi connectivity index (χ2n) is 4.43. The Morgan fingerprint density at radius 3 is 2.94 bits per heavy atom. The molecule has 1 aromatic heterocycles. The molecular formula is C12H22N4O. The SMILES string of the molecule is COCCNCc1cn(N2CCCCC2)cn1. The van der Waals surface area contributed by atoms with E-state index in [9.17, 15) is 0 Å². The maximum Gasteiger partial charge on any atom is 0.114 e. The Labute approximate surface area is 103 Å². The van der Waals surface area contributed by atoms with Crippen LogP contribution >= 0.6 is 0 Å². The summed E-state index contributed by atoms with van der Waals surface area (Å²) in [5.41, 5.74) is 1.09. The molecule has 1 aliphatic rings. The molecule has 0 aromatic carbocycles. The molecule has 17 heavy (non-hydrogen) atoms. The molecular weight excluding hydrogens is 216 g/mol. The van der Waals surface area contributed by atoms with Crippen molar-refractivity contribution in [3.63, 3.8) is 0 Å². The van der Waals surface area contributed by atoms with Crippen LogP contribution in [0.5, 0.6) is 0 Å². The van der Waals surface area contributed by atoms with Gasteiger partial charge in [0.15, 0.2) is 0 Å². The molecule has 0 bridgehead atoms. The molecule has 1 fully saturated rings. The fourth-order valence-corrected chi connectivity index (χ4v) is 2.10. The Hall–Kier alpha value is -1.07. The van der Waals surface area contributed by atoms with Gasteiger partial charge in [-0.2, -0.15) is 0 Å². The molecule has 0 aliphatic carbocycles. The second-order valence-corrected chi connectivity index (χ2v) is 4.43. The molecule has 1 aromatic rings.